The summed E-state index contributed by atoms with van der Waals surface area (Å²) in [6.07, 6.45) is -3.64. The predicted molar refractivity (Wildman–Crippen MR) is 60.7 cm³/mol. The van der Waals surface area contributed by atoms with Gasteiger partial charge >= 0.3 is 6.18 Å². The minimum absolute atomic E-state index is 0.388. The number of piperidine rings is 1. The number of nitrogens with zero attached hydrogens (tertiary/aromatic N) is 2. The van der Waals surface area contributed by atoms with Crippen LogP contribution in [0.25, 0.3) is 0 Å². The molecule has 104 valence electrons. The Morgan fingerprint density at radius 2 is 1.89 bits per heavy atom. The quantitative estimate of drug-likeness (QED) is 0.775. The molecule has 1 heterocycles. The average molecular weight is 264 g/mol. The van der Waals surface area contributed by atoms with E-state index in [0.29, 0.717) is 32.4 Å². The van der Waals surface area contributed by atoms with Crippen molar-refractivity contribution in [2.24, 2.45) is 5.92 Å². The summed E-state index contributed by atoms with van der Waals surface area (Å²) in [6, 6.07) is 2.07. The molecule has 0 bridgehead atoms. The Morgan fingerprint density at radius 3 is 2.39 bits per heavy atom. The van der Waals surface area contributed by atoms with E-state index >= 15 is 0 Å². The highest BCUT2D eigenvalue weighted by Crippen LogP contribution is 2.31. The number of hydrogen-bond donors (Lipinski definition) is 1. The van der Waals surface area contributed by atoms with Gasteiger partial charge in [-0.25, -0.2) is 0 Å². The van der Waals surface area contributed by atoms with E-state index in [-0.39, 0.29) is 0 Å². The van der Waals surface area contributed by atoms with Crippen LogP contribution < -0.4 is 0 Å². The Kier molecular flexibility index (Phi) is 5.89. The van der Waals surface area contributed by atoms with E-state index in [1.165, 1.54) is 0 Å². The zero-order valence-corrected chi connectivity index (χ0v) is 10.3. The third-order valence-electron chi connectivity index (χ3n) is 3.43. The predicted octanol–water partition coefficient (Wildman–Crippen LogP) is 2.32. The van der Waals surface area contributed by atoms with E-state index in [4.69, 9.17) is 10.4 Å². The van der Waals surface area contributed by atoms with Crippen LogP contribution in [-0.2, 0) is 0 Å². The van der Waals surface area contributed by atoms with Crippen molar-refractivity contribution in [1.82, 2.24) is 4.90 Å². The van der Waals surface area contributed by atoms with E-state index in [1.54, 1.807) is 0 Å². The monoisotopic (exact) mass is 264 g/mol. The molecule has 1 aliphatic rings. The fourth-order valence-electron chi connectivity index (χ4n) is 2.30. The number of halogens is 3. The van der Waals surface area contributed by atoms with Crippen molar-refractivity contribution >= 4 is 0 Å². The number of rotatable bonds is 5. The zero-order chi connectivity index (χ0) is 13.6. The molecule has 3 nitrogen and oxygen atoms in total. The van der Waals surface area contributed by atoms with E-state index in [2.05, 4.69) is 11.0 Å². The normalized spacial score (nSPS) is 20.6. The van der Waals surface area contributed by atoms with Crippen molar-refractivity contribution < 1.29 is 18.3 Å². The van der Waals surface area contributed by atoms with Crippen molar-refractivity contribution in [2.75, 3.05) is 19.6 Å². The Balaban J connectivity index is 2.23. The molecule has 1 atom stereocenters. The number of aliphatic hydroxyl groups excluding tert-OH is 1. The molecule has 0 amide bonds. The molecular formula is C12H19F3N2O. The largest absolute Gasteiger partial charge is 0.414 e. The third-order valence-corrected chi connectivity index (χ3v) is 3.43. The summed E-state index contributed by atoms with van der Waals surface area (Å²) < 4.78 is 37.0. The van der Waals surface area contributed by atoms with Gasteiger partial charge in [0.15, 0.2) is 6.10 Å². The minimum Gasteiger partial charge on any atom is -0.383 e. The van der Waals surface area contributed by atoms with Crippen molar-refractivity contribution in [2.45, 2.75) is 44.4 Å². The van der Waals surface area contributed by atoms with Gasteiger partial charge in [0, 0.05) is 6.42 Å². The van der Waals surface area contributed by atoms with Gasteiger partial charge in [-0.15, -0.1) is 0 Å². The summed E-state index contributed by atoms with van der Waals surface area (Å²) >= 11 is 0. The van der Waals surface area contributed by atoms with Crippen LogP contribution in [-0.4, -0.2) is 41.9 Å². The molecule has 1 N–H and O–H groups in total. The van der Waals surface area contributed by atoms with Gasteiger partial charge in [0.25, 0.3) is 0 Å². The van der Waals surface area contributed by atoms with Gasteiger partial charge in [0.1, 0.15) is 0 Å². The highest BCUT2D eigenvalue weighted by atomic mass is 19.4. The molecule has 0 spiro atoms. The lowest BCUT2D eigenvalue weighted by atomic mass is 9.91. The maximum Gasteiger partial charge on any atom is 0.414 e. The Labute approximate surface area is 105 Å². The summed E-state index contributed by atoms with van der Waals surface area (Å²) in [5.74, 6) is -0.666. The Hall–Kier alpha value is -0.800. The molecule has 1 rings (SSSR count). The Morgan fingerprint density at radius 1 is 1.28 bits per heavy atom. The van der Waals surface area contributed by atoms with Crippen LogP contribution in [0, 0.1) is 17.2 Å². The molecule has 0 aromatic carbocycles. The molecule has 0 aromatic heterocycles. The number of unbranched alkanes of at least 4 members (excludes halogenated alkanes) is 2. The second-order valence-corrected chi connectivity index (χ2v) is 4.78. The van der Waals surface area contributed by atoms with Gasteiger partial charge in [0.2, 0.25) is 0 Å². The summed E-state index contributed by atoms with van der Waals surface area (Å²) in [6.45, 7) is 2.03. The molecule has 18 heavy (non-hydrogen) atoms. The maximum absolute atomic E-state index is 12.3. The van der Waals surface area contributed by atoms with Crippen LogP contribution in [0.1, 0.15) is 32.1 Å². The highest BCUT2D eigenvalue weighted by Gasteiger charge is 2.43. The first-order chi connectivity index (χ1) is 8.45. The molecule has 1 unspecified atom stereocenters. The van der Waals surface area contributed by atoms with E-state index < -0.39 is 18.2 Å². The third kappa shape index (κ3) is 4.83. The van der Waals surface area contributed by atoms with Gasteiger partial charge in [-0.1, -0.05) is 0 Å². The van der Waals surface area contributed by atoms with Gasteiger partial charge in [0.05, 0.1) is 6.07 Å². The van der Waals surface area contributed by atoms with Crippen LogP contribution in [0.4, 0.5) is 13.2 Å². The van der Waals surface area contributed by atoms with Crippen LogP contribution in [0.5, 0.6) is 0 Å². The molecule has 0 aromatic rings. The summed E-state index contributed by atoms with van der Waals surface area (Å²) in [4.78, 5) is 2.11. The standard InChI is InChI=1S/C12H19F3N2O/c13-12(14,15)11(18)10-4-8-17(9-5-10)7-3-1-2-6-16/h10-11,18H,1-5,7-9H2. The van der Waals surface area contributed by atoms with Crippen molar-refractivity contribution in [3.8, 4) is 6.07 Å². The molecular weight excluding hydrogens is 245 g/mol. The lowest BCUT2D eigenvalue weighted by molar-refractivity contribution is -0.223. The second kappa shape index (κ2) is 6.95. The Bertz CT molecular complexity index is 280. The van der Waals surface area contributed by atoms with Gasteiger partial charge < -0.3 is 10.0 Å². The van der Waals surface area contributed by atoms with Crippen LogP contribution in [0.3, 0.4) is 0 Å². The maximum atomic E-state index is 12.3. The van der Waals surface area contributed by atoms with Gasteiger partial charge in [-0.05, 0) is 51.2 Å². The van der Waals surface area contributed by atoms with Crippen LogP contribution in [0.2, 0.25) is 0 Å². The first-order valence-electron chi connectivity index (χ1n) is 6.29. The lowest BCUT2D eigenvalue weighted by Crippen LogP contribution is -2.43. The first kappa shape index (κ1) is 15.3. The van der Waals surface area contributed by atoms with Crippen LogP contribution in [0.15, 0.2) is 0 Å². The summed E-state index contributed by atoms with van der Waals surface area (Å²) in [5.41, 5.74) is 0. The number of hydrogen-bond acceptors (Lipinski definition) is 3. The minimum atomic E-state index is -4.50. The molecule has 1 fully saturated rings. The molecule has 1 aliphatic heterocycles. The van der Waals surface area contributed by atoms with Gasteiger partial charge in [-0.3, -0.25) is 0 Å². The highest BCUT2D eigenvalue weighted by molar-refractivity contribution is 4.81. The fourth-order valence-corrected chi connectivity index (χ4v) is 2.30. The van der Waals surface area contributed by atoms with Crippen LogP contribution >= 0.6 is 0 Å². The molecule has 1 saturated heterocycles. The second-order valence-electron chi connectivity index (χ2n) is 4.78. The summed E-state index contributed by atoms with van der Waals surface area (Å²) in [5, 5.41) is 17.5. The van der Waals surface area contributed by atoms with Crippen molar-refractivity contribution in [1.29, 1.82) is 5.26 Å². The van der Waals surface area contributed by atoms with E-state index in [0.717, 1.165) is 19.4 Å². The van der Waals surface area contributed by atoms with Crippen molar-refractivity contribution in [3.63, 3.8) is 0 Å². The number of likely N-dealkylation sites (tertiary alicyclic amines) is 1. The van der Waals surface area contributed by atoms with E-state index in [1.807, 2.05) is 0 Å². The van der Waals surface area contributed by atoms with Crippen molar-refractivity contribution in [3.05, 3.63) is 0 Å². The zero-order valence-electron chi connectivity index (χ0n) is 10.3. The first-order valence-corrected chi connectivity index (χ1v) is 6.29. The molecule has 0 saturated carbocycles. The molecule has 0 radical (unpaired) electrons. The number of nitriles is 1. The molecule has 0 aliphatic carbocycles. The number of aliphatic hydroxyl groups is 1. The van der Waals surface area contributed by atoms with E-state index in [9.17, 15) is 13.2 Å². The fraction of sp³-hybridized carbons (Fsp3) is 0.917. The number of alkyl halides is 3. The smallest absolute Gasteiger partial charge is 0.383 e. The lowest BCUT2D eigenvalue weighted by Gasteiger charge is -2.34. The SMILES string of the molecule is N#CCCCCN1CCC(C(O)C(F)(F)F)CC1. The molecule has 6 heteroatoms. The topological polar surface area (TPSA) is 47.3 Å². The van der Waals surface area contributed by atoms with Gasteiger partial charge in [-0.2, -0.15) is 18.4 Å². The summed E-state index contributed by atoms with van der Waals surface area (Å²) in [7, 11) is 0. The average Bonchev–Trinajstić information content (AvgIpc) is 2.33.